The zero-order chi connectivity index (χ0) is 11.6. The summed E-state index contributed by atoms with van der Waals surface area (Å²) in [6.07, 6.45) is 4.68. The molecule has 16 heavy (non-hydrogen) atoms. The maximum absolute atomic E-state index is 4.50. The molecular weight excluding hydrogens is 196 g/mol. The SMILES string of the molecule is [CH2]CC1(C)N=CC=C(c2ccccc2)N1C. The fourth-order valence-corrected chi connectivity index (χ4v) is 1.86. The summed E-state index contributed by atoms with van der Waals surface area (Å²) in [7, 11) is 2.07. The highest BCUT2D eigenvalue weighted by Gasteiger charge is 2.29. The van der Waals surface area contributed by atoms with Crippen molar-refractivity contribution in [2.24, 2.45) is 4.99 Å². The van der Waals surface area contributed by atoms with E-state index in [9.17, 15) is 0 Å². The maximum Gasteiger partial charge on any atom is 0.128 e. The lowest BCUT2D eigenvalue weighted by Crippen LogP contribution is -2.42. The Labute approximate surface area is 97.3 Å². The van der Waals surface area contributed by atoms with Gasteiger partial charge in [0.1, 0.15) is 5.66 Å². The molecule has 83 valence electrons. The van der Waals surface area contributed by atoms with Gasteiger partial charge in [-0.15, -0.1) is 0 Å². The number of aliphatic imine (C=N–C) groups is 1. The lowest BCUT2D eigenvalue weighted by Gasteiger charge is -2.40. The van der Waals surface area contributed by atoms with Crippen LogP contribution in [0.5, 0.6) is 0 Å². The van der Waals surface area contributed by atoms with Crippen LogP contribution in [0, 0.1) is 6.92 Å². The molecule has 1 radical (unpaired) electrons. The summed E-state index contributed by atoms with van der Waals surface area (Å²) in [6, 6.07) is 10.4. The van der Waals surface area contributed by atoms with E-state index in [2.05, 4.69) is 55.1 Å². The Morgan fingerprint density at radius 2 is 2.00 bits per heavy atom. The van der Waals surface area contributed by atoms with E-state index in [0.717, 1.165) is 6.42 Å². The molecule has 1 aliphatic heterocycles. The van der Waals surface area contributed by atoms with Gasteiger partial charge in [-0.25, -0.2) is 0 Å². The van der Waals surface area contributed by atoms with Crippen molar-refractivity contribution in [3.05, 3.63) is 48.9 Å². The maximum atomic E-state index is 4.50. The standard InChI is InChI=1S/C14H17N2/c1-4-14(2)15-11-10-13(16(14)3)12-8-6-5-7-9-12/h5-11H,1,4H2,2-3H3. The second kappa shape index (κ2) is 4.12. The Hall–Kier alpha value is -1.57. The van der Waals surface area contributed by atoms with Crippen molar-refractivity contribution in [2.75, 3.05) is 7.05 Å². The predicted molar refractivity (Wildman–Crippen MR) is 69.1 cm³/mol. The highest BCUT2D eigenvalue weighted by Crippen LogP contribution is 2.31. The third kappa shape index (κ3) is 1.75. The van der Waals surface area contributed by atoms with Gasteiger partial charge in [-0.1, -0.05) is 30.3 Å². The molecule has 1 aromatic carbocycles. The molecular formula is C14H17N2. The van der Waals surface area contributed by atoms with Gasteiger partial charge in [0.15, 0.2) is 0 Å². The topological polar surface area (TPSA) is 15.6 Å². The van der Waals surface area contributed by atoms with Crippen molar-refractivity contribution in [1.29, 1.82) is 0 Å². The van der Waals surface area contributed by atoms with E-state index in [0.29, 0.717) is 0 Å². The van der Waals surface area contributed by atoms with E-state index in [-0.39, 0.29) is 5.66 Å². The van der Waals surface area contributed by atoms with Gasteiger partial charge >= 0.3 is 0 Å². The van der Waals surface area contributed by atoms with Gasteiger partial charge in [-0.05, 0) is 31.9 Å². The van der Waals surface area contributed by atoms with E-state index in [1.54, 1.807) is 0 Å². The summed E-state index contributed by atoms with van der Waals surface area (Å²) >= 11 is 0. The molecule has 2 nitrogen and oxygen atoms in total. The van der Waals surface area contributed by atoms with Gasteiger partial charge in [-0.3, -0.25) is 4.99 Å². The lowest BCUT2D eigenvalue weighted by atomic mass is 10.0. The summed E-state index contributed by atoms with van der Waals surface area (Å²) in [5, 5.41) is 0. The normalized spacial score (nSPS) is 24.4. The molecule has 2 rings (SSSR count). The van der Waals surface area contributed by atoms with Crippen LogP contribution in [0.25, 0.3) is 5.70 Å². The number of hydrogen-bond acceptors (Lipinski definition) is 2. The van der Waals surface area contributed by atoms with Crippen molar-refractivity contribution in [3.63, 3.8) is 0 Å². The minimum atomic E-state index is -0.222. The average Bonchev–Trinajstić information content (AvgIpc) is 2.34. The highest BCUT2D eigenvalue weighted by molar-refractivity contribution is 5.86. The first-order chi connectivity index (χ1) is 7.67. The molecule has 0 amide bonds. The van der Waals surface area contributed by atoms with Gasteiger partial charge in [-0.2, -0.15) is 0 Å². The van der Waals surface area contributed by atoms with E-state index < -0.39 is 0 Å². The van der Waals surface area contributed by atoms with Gasteiger partial charge in [0.2, 0.25) is 0 Å². The largest absolute Gasteiger partial charge is 0.350 e. The predicted octanol–water partition coefficient (Wildman–Crippen LogP) is 2.98. The van der Waals surface area contributed by atoms with Crippen LogP contribution in [0.15, 0.2) is 41.4 Å². The molecule has 1 unspecified atom stereocenters. The molecule has 0 N–H and O–H groups in total. The third-order valence-corrected chi connectivity index (χ3v) is 3.21. The average molecular weight is 213 g/mol. The van der Waals surface area contributed by atoms with Gasteiger partial charge in [0.25, 0.3) is 0 Å². The van der Waals surface area contributed by atoms with E-state index in [1.165, 1.54) is 11.3 Å². The van der Waals surface area contributed by atoms with Crippen molar-refractivity contribution in [1.82, 2.24) is 4.90 Å². The molecule has 0 aliphatic carbocycles. The number of benzene rings is 1. The quantitative estimate of drug-likeness (QED) is 0.737. The van der Waals surface area contributed by atoms with Crippen LogP contribution in [0.4, 0.5) is 0 Å². The number of hydrogen-bond donors (Lipinski definition) is 0. The molecule has 0 saturated carbocycles. The van der Waals surface area contributed by atoms with Gasteiger partial charge in [0.05, 0.1) is 0 Å². The Balaban J connectivity index is 2.37. The molecule has 0 aromatic heterocycles. The summed E-state index contributed by atoms with van der Waals surface area (Å²) < 4.78 is 0. The first kappa shape index (κ1) is 10.9. The molecule has 1 atom stereocenters. The minimum Gasteiger partial charge on any atom is -0.350 e. The van der Waals surface area contributed by atoms with E-state index in [4.69, 9.17) is 0 Å². The first-order valence-corrected chi connectivity index (χ1v) is 5.51. The van der Waals surface area contributed by atoms with Crippen molar-refractivity contribution >= 4 is 11.9 Å². The Kier molecular flexibility index (Phi) is 2.82. The second-order valence-corrected chi connectivity index (χ2v) is 4.22. The summed E-state index contributed by atoms with van der Waals surface area (Å²) in [5.41, 5.74) is 2.19. The van der Waals surface area contributed by atoms with E-state index in [1.807, 2.05) is 18.4 Å². The Morgan fingerprint density at radius 3 is 2.62 bits per heavy atom. The first-order valence-electron chi connectivity index (χ1n) is 5.51. The molecule has 0 spiro atoms. The minimum absolute atomic E-state index is 0.222. The number of rotatable bonds is 2. The molecule has 1 heterocycles. The van der Waals surface area contributed by atoms with Crippen LogP contribution < -0.4 is 0 Å². The van der Waals surface area contributed by atoms with Crippen molar-refractivity contribution < 1.29 is 0 Å². The van der Waals surface area contributed by atoms with Crippen molar-refractivity contribution in [3.8, 4) is 0 Å². The van der Waals surface area contributed by atoms with Crippen LogP contribution in [0.3, 0.4) is 0 Å². The van der Waals surface area contributed by atoms with Crippen molar-refractivity contribution in [2.45, 2.75) is 19.0 Å². The fraction of sp³-hybridized carbons (Fsp3) is 0.286. The van der Waals surface area contributed by atoms with E-state index >= 15 is 0 Å². The monoisotopic (exact) mass is 213 g/mol. The molecule has 0 saturated heterocycles. The fourth-order valence-electron chi connectivity index (χ4n) is 1.86. The number of allylic oxidation sites excluding steroid dienone is 1. The summed E-state index contributed by atoms with van der Waals surface area (Å²) in [4.78, 5) is 6.69. The van der Waals surface area contributed by atoms with Crippen LogP contribution in [0.1, 0.15) is 18.9 Å². The Morgan fingerprint density at radius 1 is 1.31 bits per heavy atom. The second-order valence-electron chi connectivity index (χ2n) is 4.22. The van der Waals surface area contributed by atoms with Gasteiger partial charge < -0.3 is 4.90 Å². The van der Waals surface area contributed by atoms with Crippen LogP contribution in [-0.4, -0.2) is 23.8 Å². The smallest absolute Gasteiger partial charge is 0.128 e. The summed E-state index contributed by atoms with van der Waals surface area (Å²) in [6.45, 7) is 6.08. The summed E-state index contributed by atoms with van der Waals surface area (Å²) in [5.74, 6) is 0. The molecule has 1 aromatic rings. The molecule has 0 bridgehead atoms. The highest BCUT2D eigenvalue weighted by atomic mass is 15.3. The molecule has 1 aliphatic rings. The Bertz CT molecular complexity index is 420. The molecule has 2 heteroatoms. The lowest BCUT2D eigenvalue weighted by molar-refractivity contribution is 0.226. The zero-order valence-corrected chi connectivity index (χ0v) is 9.85. The van der Waals surface area contributed by atoms with Crippen LogP contribution in [0.2, 0.25) is 0 Å². The molecule has 0 fully saturated rings. The third-order valence-electron chi connectivity index (χ3n) is 3.21. The van der Waals surface area contributed by atoms with Crippen LogP contribution in [-0.2, 0) is 0 Å². The van der Waals surface area contributed by atoms with Crippen LogP contribution >= 0.6 is 0 Å². The zero-order valence-electron chi connectivity index (χ0n) is 9.85. The number of nitrogens with zero attached hydrogens (tertiary/aromatic N) is 2. The van der Waals surface area contributed by atoms with Gasteiger partial charge in [0, 0.05) is 19.0 Å².